The third-order valence-corrected chi connectivity index (χ3v) is 3.13. The van der Waals surface area contributed by atoms with E-state index >= 15 is 0 Å². The number of nitrogens with one attached hydrogen (secondary N) is 2. The second-order valence-electron chi connectivity index (χ2n) is 4.07. The van der Waals surface area contributed by atoms with E-state index in [1.807, 2.05) is 0 Å². The van der Waals surface area contributed by atoms with E-state index in [2.05, 4.69) is 34.9 Å². The Balaban J connectivity index is 1.96. The molecule has 0 aliphatic carbocycles. The summed E-state index contributed by atoms with van der Waals surface area (Å²) in [6.07, 6.45) is 3.69. The third-order valence-electron chi connectivity index (χ3n) is 3.13. The van der Waals surface area contributed by atoms with Crippen molar-refractivity contribution >= 4 is 5.69 Å². The smallest absolute Gasteiger partial charge is 0.0924 e. The largest absolute Gasteiger partial charge is 0.367 e. The van der Waals surface area contributed by atoms with Crippen LogP contribution in [0, 0.1) is 0 Å². The lowest BCUT2D eigenvalue weighted by Crippen LogP contribution is -2.45. The summed E-state index contributed by atoms with van der Waals surface area (Å²) in [5, 5.41) is 7.17. The second kappa shape index (κ2) is 2.48. The van der Waals surface area contributed by atoms with Crippen molar-refractivity contribution < 1.29 is 0 Å². The SMILES string of the molecule is c1ccc2c(c1)CC1(CCCN1)N2. The van der Waals surface area contributed by atoms with Crippen LogP contribution >= 0.6 is 0 Å². The summed E-state index contributed by atoms with van der Waals surface area (Å²) in [5.41, 5.74) is 2.97. The van der Waals surface area contributed by atoms with Gasteiger partial charge in [0.15, 0.2) is 0 Å². The Kier molecular flexibility index (Phi) is 1.41. The lowest BCUT2D eigenvalue weighted by Gasteiger charge is -2.24. The monoisotopic (exact) mass is 174 g/mol. The minimum Gasteiger partial charge on any atom is -0.367 e. The molecule has 0 amide bonds. The zero-order valence-corrected chi connectivity index (χ0v) is 7.64. The van der Waals surface area contributed by atoms with Gasteiger partial charge < -0.3 is 5.32 Å². The molecule has 2 heteroatoms. The molecule has 0 saturated carbocycles. The van der Waals surface area contributed by atoms with Crippen molar-refractivity contribution in [2.24, 2.45) is 0 Å². The number of anilines is 1. The van der Waals surface area contributed by atoms with Crippen LogP contribution in [-0.4, -0.2) is 12.2 Å². The van der Waals surface area contributed by atoms with E-state index in [0.717, 1.165) is 13.0 Å². The summed E-state index contributed by atoms with van der Waals surface area (Å²) in [5.74, 6) is 0. The first-order valence-corrected chi connectivity index (χ1v) is 4.99. The van der Waals surface area contributed by atoms with Crippen molar-refractivity contribution in [3.05, 3.63) is 29.8 Å². The Bertz CT molecular complexity index is 300. The summed E-state index contributed by atoms with van der Waals surface area (Å²) >= 11 is 0. The minimum atomic E-state index is 0.198. The van der Waals surface area contributed by atoms with Gasteiger partial charge >= 0.3 is 0 Å². The fraction of sp³-hybridized carbons (Fsp3) is 0.455. The van der Waals surface area contributed by atoms with Crippen LogP contribution in [0.25, 0.3) is 0 Å². The minimum absolute atomic E-state index is 0.198. The standard InChI is InChI=1S/C11H14N2/c1-2-5-10-9(4-1)8-11(13-10)6-3-7-12-11/h1-2,4-5,12-13H,3,6-8H2. The molecule has 2 aliphatic rings. The first-order valence-electron chi connectivity index (χ1n) is 4.99. The summed E-state index contributed by atoms with van der Waals surface area (Å²) in [7, 11) is 0. The van der Waals surface area contributed by atoms with Gasteiger partial charge in [0, 0.05) is 12.1 Å². The van der Waals surface area contributed by atoms with Gasteiger partial charge in [-0.1, -0.05) is 18.2 Å². The maximum absolute atomic E-state index is 3.60. The highest BCUT2D eigenvalue weighted by Crippen LogP contribution is 2.35. The molecule has 2 heterocycles. The number of benzene rings is 1. The van der Waals surface area contributed by atoms with Gasteiger partial charge in [0.25, 0.3) is 0 Å². The molecule has 2 aliphatic heterocycles. The lowest BCUT2D eigenvalue weighted by molar-refractivity contribution is 0.448. The van der Waals surface area contributed by atoms with Gasteiger partial charge in [-0.25, -0.2) is 0 Å². The molecular formula is C11H14N2. The van der Waals surface area contributed by atoms with E-state index < -0.39 is 0 Å². The Morgan fingerprint density at radius 2 is 2.15 bits per heavy atom. The van der Waals surface area contributed by atoms with Gasteiger partial charge in [0.2, 0.25) is 0 Å². The number of hydrogen-bond acceptors (Lipinski definition) is 2. The molecule has 3 rings (SSSR count). The van der Waals surface area contributed by atoms with Crippen molar-refractivity contribution in [1.29, 1.82) is 0 Å². The van der Waals surface area contributed by atoms with Crippen LogP contribution in [-0.2, 0) is 6.42 Å². The van der Waals surface area contributed by atoms with Gasteiger partial charge in [-0.15, -0.1) is 0 Å². The van der Waals surface area contributed by atoms with Crippen LogP contribution < -0.4 is 10.6 Å². The first-order chi connectivity index (χ1) is 6.38. The Labute approximate surface area is 78.3 Å². The second-order valence-corrected chi connectivity index (χ2v) is 4.07. The Hall–Kier alpha value is -1.02. The Morgan fingerprint density at radius 3 is 2.92 bits per heavy atom. The topological polar surface area (TPSA) is 24.1 Å². The summed E-state index contributed by atoms with van der Waals surface area (Å²) in [6, 6.07) is 8.61. The molecule has 2 N–H and O–H groups in total. The van der Waals surface area contributed by atoms with Gasteiger partial charge in [-0.05, 0) is 31.0 Å². The van der Waals surface area contributed by atoms with Crippen LogP contribution in [0.2, 0.25) is 0 Å². The van der Waals surface area contributed by atoms with E-state index in [-0.39, 0.29) is 5.66 Å². The van der Waals surface area contributed by atoms with Crippen molar-refractivity contribution in [3.8, 4) is 0 Å². The normalized spacial score (nSPS) is 30.5. The third kappa shape index (κ3) is 1.05. The maximum atomic E-state index is 3.60. The molecule has 1 atom stereocenters. The van der Waals surface area contributed by atoms with Crippen molar-refractivity contribution in [3.63, 3.8) is 0 Å². The fourth-order valence-electron chi connectivity index (χ4n) is 2.49. The van der Waals surface area contributed by atoms with E-state index in [0.29, 0.717) is 0 Å². The van der Waals surface area contributed by atoms with Gasteiger partial charge in [0.1, 0.15) is 0 Å². The predicted molar refractivity (Wildman–Crippen MR) is 53.7 cm³/mol. The van der Waals surface area contributed by atoms with Crippen LogP contribution in [0.4, 0.5) is 5.69 Å². The molecule has 0 radical (unpaired) electrons. The highest BCUT2D eigenvalue weighted by molar-refractivity contribution is 5.58. The predicted octanol–water partition coefficient (Wildman–Crippen LogP) is 1.73. The van der Waals surface area contributed by atoms with Crippen molar-refractivity contribution in [2.75, 3.05) is 11.9 Å². The summed E-state index contributed by atoms with van der Waals surface area (Å²) in [6.45, 7) is 1.15. The highest BCUT2D eigenvalue weighted by Gasteiger charge is 2.38. The number of fused-ring (bicyclic) bond motifs is 1. The molecule has 2 nitrogen and oxygen atoms in total. The van der Waals surface area contributed by atoms with E-state index in [1.165, 1.54) is 24.1 Å². The molecule has 1 fully saturated rings. The number of para-hydroxylation sites is 1. The molecule has 0 aromatic heterocycles. The number of hydrogen-bond donors (Lipinski definition) is 2. The molecule has 1 unspecified atom stereocenters. The molecule has 0 bridgehead atoms. The van der Waals surface area contributed by atoms with Gasteiger partial charge in [-0.3, -0.25) is 5.32 Å². The van der Waals surface area contributed by atoms with Crippen molar-refractivity contribution in [2.45, 2.75) is 24.9 Å². The van der Waals surface area contributed by atoms with Gasteiger partial charge in [-0.2, -0.15) is 0 Å². The molecule has 1 saturated heterocycles. The first kappa shape index (κ1) is 7.39. The average molecular weight is 174 g/mol. The van der Waals surface area contributed by atoms with Crippen LogP contribution in [0.15, 0.2) is 24.3 Å². The fourth-order valence-corrected chi connectivity index (χ4v) is 2.49. The lowest BCUT2D eigenvalue weighted by atomic mass is 10.0. The molecule has 68 valence electrons. The highest BCUT2D eigenvalue weighted by atomic mass is 15.2. The molecular weight excluding hydrogens is 160 g/mol. The molecule has 1 spiro atoms. The van der Waals surface area contributed by atoms with Crippen LogP contribution in [0.5, 0.6) is 0 Å². The van der Waals surface area contributed by atoms with E-state index in [1.54, 1.807) is 0 Å². The number of rotatable bonds is 0. The van der Waals surface area contributed by atoms with Crippen LogP contribution in [0.1, 0.15) is 18.4 Å². The van der Waals surface area contributed by atoms with E-state index in [9.17, 15) is 0 Å². The summed E-state index contributed by atoms with van der Waals surface area (Å²) < 4.78 is 0. The van der Waals surface area contributed by atoms with E-state index in [4.69, 9.17) is 0 Å². The maximum Gasteiger partial charge on any atom is 0.0924 e. The average Bonchev–Trinajstić information content (AvgIpc) is 2.72. The van der Waals surface area contributed by atoms with Crippen molar-refractivity contribution in [1.82, 2.24) is 5.32 Å². The Morgan fingerprint density at radius 1 is 1.23 bits per heavy atom. The molecule has 1 aromatic carbocycles. The van der Waals surface area contributed by atoms with Crippen LogP contribution in [0.3, 0.4) is 0 Å². The molecule has 1 aromatic rings. The summed E-state index contributed by atoms with van der Waals surface area (Å²) in [4.78, 5) is 0. The quantitative estimate of drug-likeness (QED) is 0.626. The zero-order chi connectivity index (χ0) is 8.73. The molecule has 13 heavy (non-hydrogen) atoms. The zero-order valence-electron chi connectivity index (χ0n) is 7.64. The van der Waals surface area contributed by atoms with Gasteiger partial charge in [0.05, 0.1) is 5.66 Å².